The van der Waals surface area contributed by atoms with Gasteiger partial charge in [-0.05, 0) is 32.0 Å². The maximum absolute atomic E-state index is 11.4. The van der Waals surface area contributed by atoms with Crippen LogP contribution >= 0.6 is 0 Å². The van der Waals surface area contributed by atoms with Crippen LogP contribution in [0.25, 0.3) is 11.0 Å². The molecule has 3 heterocycles. The van der Waals surface area contributed by atoms with Crippen molar-refractivity contribution in [1.29, 1.82) is 0 Å². The summed E-state index contributed by atoms with van der Waals surface area (Å²) in [6.45, 7) is 3.90. The van der Waals surface area contributed by atoms with Gasteiger partial charge in [0.15, 0.2) is 12.1 Å². The van der Waals surface area contributed by atoms with Crippen LogP contribution in [0.15, 0.2) is 39.5 Å². The Kier molecular flexibility index (Phi) is 4.69. The van der Waals surface area contributed by atoms with Gasteiger partial charge in [-0.1, -0.05) is 0 Å². The lowest BCUT2D eigenvalue weighted by molar-refractivity contribution is -0.263. The molecule has 0 aliphatic carbocycles. The van der Waals surface area contributed by atoms with Crippen molar-refractivity contribution in [3.8, 4) is 0 Å². The molecule has 146 valence electrons. The Morgan fingerprint density at radius 2 is 1.93 bits per heavy atom. The van der Waals surface area contributed by atoms with Crippen LogP contribution in [0, 0.1) is 0 Å². The molecule has 4 rings (SSSR count). The molecule has 2 aromatic rings. The highest BCUT2D eigenvalue weighted by Gasteiger charge is 2.55. The topological polar surface area (TPSA) is 99.4 Å². The Hall–Kier alpha value is -1.97. The van der Waals surface area contributed by atoms with Gasteiger partial charge >= 0.3 is 5.63 Å². The van der Waals surface area contributed by atoms with Gasteiger partial charge in [-0.2, -0.15) is 0 Å². The van der Waals surface area contributed by atoms with Crippen molar-refractivity contribution in [2.45, 2.75) is 50.3 Å². The van der Waals surface area contributed by atoms with Gasteiger partial charge in [0.25, 0.3) is 0 Å². The summed E-state index contributed by atoms with van der Waals surface area (Å²) in [6.07, 6.45) is -3.12. The maximum atomic E-state index is 11.4. The van der Waals surface area contributed by atoms with Crippen LogP contribution in [0.4, 0.5) is 5.69 Å². The van der Waals surface area contributed by atoms with Crippen molar-refractivity contribution in [3.63, 3.8) is 0 Å². The quantitative estimate of drug-likeness (QED) is 0.773. The summed E-state index contributed by atoms with van der Waals surface area (Å²) in [7, 11) is 1.53. The molecule has 1 aromatic carbocycles. The summed E-state index contributed by atoms with van der Waals surface area (Å²) in [5.41, 5.74) is 0.829. The Morgan fingerprint density at radius 3 is 2.70 bits per heavy atom. The number of ether oxygens (including phenoxy) is 4. The Labute approximate surface area is 156 Å². The predicted octanol–water partition coefficient (Wildman–Crippen LogP) is 1.46. The first-order valence-electron chi connectivity index (χ1n) is 8.86. The third-order valence-corrected chi connectivity index (χ3v) is 4.82. The molecule has 8 heteroatoms. The summed E-state index contributed by atoms with van der Waals surface area (Å²) in [6, 6.07) is 8.55. The fraction of sp³-hybridized carbons (Fsp3) is 0.526. The number of anilines is 1. The van der Waals surface area contributed by atoms with Gasteiger partial charge in [0.1, 0.15) is 30.0 Å². The summed E-state index contributed by atoms with van der Waals surface area (Å²) < 4.78 is 28.1. The zero-order chi connectivity index (χ0) is 19.2. The summed E-state index contributed by atoms with van der Waals surface area (Å²) in [5, 5.41) is 14.7. The molecule has 2 aliphatic rings. The second-order valence-corrected chi connectivity index (χ2v) is 7.22. The lowest BCUT2D eigenvalue weighted by Crippen LogP contribution is -2.58. The van der Waals surface area contributed by atoms with E-state index in [1.807, 2.05) is 12.1 Å². The van der Waals surface area contributed by atoms with Crippen LogP contribution in [-0.4, -0.2) is 55.3 Å². The molecule has 5 atom stereocenters. The van der Waals surface area contributed by atoms with Crippen LogP contribution in [0.1, 0.15) is 13.8 Å². The molecule has 2 fully saturated rings. The number of benzene rings is 1. The molecule has 3 unspecified atom stereocenters. The van der Waals surface area contributed by atoms with Crippen molar-refractivity contribution in [1.82, 2.24) is 0 Å². The molecule has 0 radical (unpaired) electrons. The van der Waals surface area contributed by atoms with E-state index in [1.54, 1.807) is 26.0 Å². The Balaban J connectivity index is 1.48. The second-order valence-electron chi connectivity index (χ2n) is 7.22. The van der Waals surface area contributed by atoms with Gasteiger partial charge in [-0.25, -0.2) is 4.79 Å². The highest BCUT2D eigenvalue weighted by molar-refractivity contribution is 5.80. The van der Waals surface area contributed by atoms with Crippen LogP contribution < -0.4 is 10.9 Å². The number of aliphatic hydroxyl groups excluding tert-OH is 1. The van der Waals surface area contributed by atoms with Crippen molar-refractivity contribution in [3.05, 3.63) is 40.8 Å². The van der Waals surface area contributed by atoms with Crippen LogP contribution in [-0.2, 0) is 18.9 Å². The van der Waals surface area contributed by atoms with E-state index in [0.717, 1.165) is 11.1 Å². The molecule has 8 nitrogen and oxygen atoms in total. The van der Waals surface area contributed by atoms with E-state index in [4.69, 9.17) is 23.4 Å². The van der Waals surface area contributed by atoms with Crippen molar-refractivity contribution in [2.24, 2.45) is 0 Å². The second kappa shape index (κ2) is 6.88. The standard InChI is InChI=1S/C19H23NO7/c1-19(2)26-16-15(22)13(25-18(23-3)17(16)27-19)9-20-11-6-4-10-5-7-14(21)24-12(10)8-11/h4-8,13,15-18,20,22H,9H2,1-3H3/t13?,15-,16?,17?,18-/m0/s1. The minimum absolute atomic E-state index is 0.316. The lowest BCUT2D eigenvalue weighted by atomic mass is 9.99. The van der Waals surface area contributed by atoms with Gasteiger partial charge in [-0.3, -0.25) is 0 Å². The molecule has 2 saturated heterocycles. The molecule has 0 spiro atoms. The fourth-order valence-corrected chi connectivity index (χ4v) is 3.58. The SMILES string of the molecule is CO[C@H]1OC(CNc2ccc3ccc(=O)oc3c2)[C@H](O)C2OC(C)(C)OC21. The number of nitrogens with one attached hydrogen (secondary N) is 1. The minimum Gasteiger partial charge on any atom is -0.423 e. The number of rotatable bonds is 4. The highest BCUT2D eigenvalue weighted by atomic mass is 16.8. The molecule has 0 saturated carbocycles. The minimum atomic E-state index is -0.880. The van der Waals surface area contributed by atoms with Crippen LogP contribution in [0.2, 0.25) is 0 Å². The van der Waals surface area contributed by atoms with E-state index in [9.17, 15) is 9.90 Å². The Bertz CT molecular complexity index is 880. The maximum Gasteiger partial charge on any atom is 0.336 e. The number of aliphatic hydroxyl groups is 1. The van der Waals surface area contributed by atoms with E-state index in [0.29, 0.717) is 12.1 Å². The number of fused-ring (bicyclic) bond motifs is 2. The molecular formula is C19H23NO7. The van der Waals surface area contributed by atoms with Gasteiger partial charge in [0.2, 0.25) is 0 Å². The monoisotopic (exact) mass is 377 g/mol. The van der Waals surface area contributed by atoms with E-state index in [-0.39, 0.29) is 0 Å². The van der Waals surface area contributed by atoms with Crippen LogP contribution in [0.3, 0.4) is 0 Å². The van der Waals surface area contributed by atoms with Crippen LogP contribution in [0.5, 0.6) is 0 Å². The molecule has 1 aromatic heterocycles. The molecular weight excluding hydrogens is 354 g/mol. The molecule has 2 aliphatic heterocycles. The number of hydrogen-bond acceptors (Lipinski definition) is 8. The summed E-state index contributed by atoms with van der Waals surface area (Å²) in [5.74, 6) is -0.811. The van der Waals surface area contributed by atoms with Gasteiger partial charge < -0.3 is 33.8 Å². The average molecular weight is 377 g/mol. The van der Waals surface area contributed by atoms with Gasteiger partial charge in [0.05, 0.1) is 0 Å². The van der Waals surface area contributed by atoms with E-state index in [2.05, 4.69) is 5.32 Å². The Morgan fingerprint density at radius 1 is 1.19 bits per heavy atom. The largest absolute Gasteiger partial charge is 0.423 e. The summed E-state index contributed by atoms with van der Waals surface area (Å²) in [4.78, 5) is 11.4. The molecule has 2 N–H and O–H groups in total. The first-order valence-corrected chi connectivity index (χ1v) is 8.86. The molecule has 0 bridgehead atoms. The van der Waals surface area contributed by atoms with Crippen molar-refractivity contribution >= 4 is 16.7 Å². The highest BCUT2D eigenvalue weighted by Crippen LogP contribution is 2.37. The number of hydrogen-bond donors (Lipinski definition) is 2. The first-order chi connectivity index (χ1) is 12.9. The first kappa shape index (κ1) is 18.4. The van der Waals surface area contributed by atoms with E-state index < -0.39 is 42.1 Å². The average Bonchev–Trinajstić information content (AvgIpc) is 2.96. The molecule has 27 heavy (non-hydrogen) atoms. The van der Waals surface area contributed by atoms with E-state index in [1.165, 1.54) is 13.2 Å². The third kappa shape index (κ3) is 3.59. The van der Waals surface area contributed by atoms with Crippen molar-refractivity contribution < 1.29 is 28.5 Å². The van der Waals surface area contributed by atoms with Gasteiger partial charge in [0, 0.05) is 36.9 Å². The predicted molar refractivity (Wildman–Crippen MR) is 96.5 cm³/mol. The summed E-state index contributed by atoms with van der Waals surface area (Å²) >= 11 is 0. The zero-order valence-electron chi connectivity index (χ0n) is 15.4. The van der Waals surface area contributed by atoms with E-state index >= 15 is 0 Å². The smallest absolute Gasteiger partial charge is 0.336 e. The normalized spacial score (nSPS) is 32.4. The fourth-order valence-electron chi connectivity index (χ4n) is 3.58. The molecule has 0 amide bonds. The van der Waals surface area contributed by atoms with Crippen molar-refractivity contribution in [2.75, 3.05) is 19.0 Å². The number of methoxy groups -OCH3 is 1. The zero-order valence-corrected chi connectivity index (χ0v) is 15.4. The van der Waals surface area contributed by atoms with Gasteiger partial charge in [-0.15, -0.1) is 0 Å². The third-order valence-electron chi connectivity index (χ3n) is 4.82. The lowest BCUT2D eigenvalue weighted by Gasteiger charge is -2.39.